The van der Waals surface area contributed by atoms with Gasteiger partial charge in [0.25, 0.3) is 0 Å². The first kappa shape index (κ1) is 13.6. The normalized spacial score (nSPS) is 19.9. The predicted molar refractivity (Wildman–Crippen MR) is 56.9 cm³/mol. The summed E-state index contributed by atoms with van der Waals surface area (Å²) < 4.78 is 7.08. The maximum atomic E-state index is 5.41. The molecule has 0 aromatic carbocycles. The Kier molecular flexibility index (Phi) is 6.03. The lowest BCUT2D eigenvalue weighted by molar-refractivity contribution is 0.184. The van der Waals surface area contributed by atoms with Gasteiger partial charge in [0, 0.05) is 13.2 Å². The maximum Gasteiger partial charge on any atom is 0.0962 e. The van der Waals surface area contributed by atoms with Crippen LogP contribution in [-0.2, 0) is 11.3 Å². The first-order valence-corrected chi connectivity index (χ1v) is 4.08. The molecule has 0 spiro atoms. The van der Waals surface area contributed by atoms with Crippen molar-refractivity contribution in [2.24, 2.45) is 5.73 Å². The zero-order chi connectivity index (χ0) is 8.39. The first-order valence-electron chi connectivity index (χ1n) is 4.08. The van der Waals surface area contributed by atoms with Crippen LogP contribution in [0.3, 0.4) is 0 Å². The number of nitrogens with two attached hydrogens (primary N) is 1. The van der Waals surface area contributed by atoms with Crippen molar-refractivity contribution in [2.45, 2.75) is 19.0 Å². The van der Waals surface area contributed by atoms with E-state index in [9.17, 15) is 0 Å². The van der Waals surface area contributed by atoms with Gasteiger partial charge in [0.05, 0.1) is 24.5 Å². The van der Waals surface area contributed by atoms with E-state index in [0.717, 1.165) is 25.3 Å². The third-order valence-electron chi connectivity index (χ3n) is 2.05. The van der Waals surface area contributed by atoms with Crippen LogP contribution in [0.15, 0.2) is 6.20 Å². The van der Waals surface area contributed by atoms with Crippen LogP contribution >= 0.6 is 24.8 Å². The van der Waals surface area contributed by atoms with Gasteiger partial charge in [-0.1, -0.05) is 5.21 Å². The lowest BCUT2D eigenvalue weighted by atomic mass is 10.3. The molecule has 14 heavy (non-hydrogen) atoms. The Labute approximate surface area is 94.8 Å². The lowest BCUT2D eigenvalue weighted by Crippen LogP contribution is -2.09. The highest BCUT2D eigenvalue weighted by molar-refractivity contribution is 5.85. The molecule has 1 aromatic rings. The Morgan fingerprint density at radius 1 is 1.57 bits per heavy atom. The standard InChI is InChI=1S/C7H12N4O.2ClH/c8-3-6-4-11(10-9-6)7-1-2-12-5-7;;/h4,7H,1-3,5,8H2;2*1H. The molecule has 0 aliphatic carbocycles. The lowest BCUT2D eigenvalue weighted by Gasteiger charge is -2.04. The van der Waals surface area contributed by atoms with Crippen molar-refractivity contribution >= 4 is 24.8 Å². The highest BCUT2D eigenvalue weighted by Crippen LogP contribution is 2.16. The summed E-state index contributed by atoms with van der Waals surface area (Å²) in [7, 11) is 0. The summed E-state index contributed by atoms with van der Waals surface area (Å²) in [6, 6.07) is 0.359. The van der Waals surface area contributed by atoms with E-state index in [1.165, 1.54) is 0 Å². The number of aromatic nitrogens is 3. The van der Waals surface area contributed by atoms with Crippen LogP contribution in [0.2, 0.25) is 0 Å². The van der Waals surface area contributed by atoms with E-state index < -0.39 is 0 Å². The van der Waals surface area contributed by atoms with Crippen LogP contribution in [0.5, 0.6) is 0 Å². The average Bonchev–Trinajstić information content (AvgIpc) is 2.75. The second-order valence-corrected chi connectivity index (χ2v) is 2.91. The number of halogens is 2. The summed E-state index contributed by atoms with van der Waals surface area (Å²) in [5.41, 5.74) is 6.25. The summed E-state index contributed by atoms with van der Waals surface area (Å²) in [5.74, 6) is 0. The molecule has 82 valence electrons. The molecule has 1 aliphatic rings. The monoisotopic (exact) mass is 240 g/mol. The summed E-state index contributed by atoms with van der Waals surface area (Å²) in [5, 5.41) is 7.89. The first-order chi connectivity index (χ1) is 5.90. The molecule has 0 saturated carbocycles. The van der Waals surface area contributed by atoms with Gasteiger partial charge in [-0.05, 0) is 6.42 Å². The second kappa shape index (κ2) is 6.19. The van der Waals surface area contributed by atoms with Crippen molar-refractivity contribution in [3.05, 3.63) is 11.9 Å². The van der Waals surface area contributed by atoms with Crippen LogP contribution in [0.4, 0.5) is 0 Å². The number of ether oxygens (including phenoxy) is 1. The van der Waals surface area contributed by atoms with Gasteiger partial charge in [-0.25, -0.2) is 4.68 Å². The third kappa shape index (κ3) is 2.81. The highest BCUT2D eigenvalue weighted by Gasteiger charge is 2.18. The van der Waals surface area contributed by atoms with E-state index in [1.807, 2.05) is 10.9 Å². The summed E-state index contributed by atoms with van der Waals surface area (Å²) in [6.45, 7) is 2.02. The van der Waals surface area contributed by atoms with Gasteiger partial charge in [-0.15, -0.1) is 29.9 Å². The van der Waals surface area contributed by atoms with Crippen molar-refractivity contribution < 1.29 is 4.74 Å². The summed E-state index contributed by atoms with van der Waals surface area (Å²) >= 11 is 0. The van der Waals surface area contributed by atoms with Gasteiger partial charge in [0.1, 0.15) is 0 Å². The minimum atomic E-state index is 0. The van der Waals surface area contributed by atoms with E-state index in [0.29, 0.717) is 12.6 Å². The number of nitrogens with zero attached hydrogens (tertiary/aromatic N) is 3. The van der Waals surface area contributed by atoms with Crippen LogP contribution in [0, 0.1) is 0 Å². The zero-order valence-corrected chi connectivity index (χ0v) is 9.26. The van der Waals surface area contributed by atoms with E-state index in [4.69, 9.17) is 10.5 Å². The van der Waals surface area contributed by atoms with Gasteiger partial charge in [0.2, 0.25) is 0 Å². The Bertz CT molecular complexity index is 262. The Balaban J connectivity index is 0.000000845. The molecular weight excluding hydrogens is 227 g/mol. The van der Waals surface area contributed by atoms with Crippen molar-refractivity contribution in [1.29, 1.82) is 0 Å². The van der Waals surface area contributed by atoms with E-state index in [-0.39, 0.29) is 24.8 Å². The molecule has 2 rings (SSSR count). The number of rotatable bonds is 2. The third-order valence-corrected chi connectivity index (χ3v) is 2.05. The van der Waals surface area contributed by atoms with Crippen molar-refractivity contribution in [3.8, 4) is 0 Å². The smallest absolute Gasteiger partial charge is 0.0962 e. The molecular formula is C7H14Cl2N4O. The quantitative estimate of drug-likeness (QED) is 0.820. The van der Waals surface area contributed by atoms with Gasteiger partial charge < -0.3 is 10.5 Å². The molecule has 2 heterocycles. The Morgan fingerprint density at radius 2 is 2.36 bits per heavy atom. The Morgan fingerprint density at radius 3 is 2.86 bits per heavy atom. The molecule has 1 saturated heterocycles. The maximum absolute atomic E-state index is 5.41. The summed E-state index contributed by atoms with van der Waals surface area (Å²) in [4.78, 5) is 0. The molecule has 0 amide bonds. The molecule has 1 unspecified atom stereocenters. The Hall–Kier alpha value is -0.360. The molecule has 5 nitrogen and oxygen atoms in total. The zero-order valence-electron chi connectivity index (χ0n) is 7.63. The van der Waals surface area contributed by atoms with Gasteiger partial charge in [0.15, 0.2) is 0 Å². The fourth-order valence-electron chi connectivity index (χ4n) is 1.32. The van der Waals surface area contributed by atoms with Gasteiger partial charge in [-0.2, -0.15) is 0 Å². The molecule has 1 atom stereocenters. The van der Waals surface area contributed by atoms with E-state index in [2.05, 4.69) is 10.3 Å². The van der Waals surface area contributed by atoms with E-state index >= 15 is 0 Å². The van der Waals surface area contributed by atoms with Gasteiger partial charge >= 0.3 is 0 Å². The molecule has 0 bridgehead atoms. The number of hydrogen-bond acceptors (Lipinski definition) is 4. The van der Waals surface area contributed by atoms with Crippen LogP contribution in [0.1, 0.15) is 18.2 Å². The van der Waals surface area contributed by atoms with Crippen molar-refractivity contribution in [2.75, 3.05) is 13.2 Å². The molecule has 1 aromatic heterocycles. The number of hydrogen-bond donors (Lipinski definition) is 1. The topological polar surface area (TPSA) is 66.0 Å². The highest BCUT2D eigenvalue weighted by atomic mass is 35.5. The fourth-order valence-corrected chi connectivity index (χ4v) is 1.32. The van der Waals surface area contributed by atoms with Crippen LogP contribution < -0.4 is 5.73 Å². The molecule has 1 fully saturated rings. The van der Waals surface area contributed by atoms with E-state index in [1.54, 1.807) is 0 Å². The molecule has 1 aliphatic heterocycles. The van der Waals surface area contributed by atoms with Crippen LogP contribution in [-0.4, -0.2) is 28.2 Å². The molecule has 0 radical (unpaired) electrons. The SMILES string of the molecule is Cl.Cl.NCc1cn(C2CCOC2)nn1. The molecule has 7 heteroatoms. The minimum Gasteiger partial charge on any atom is -0.379 e. The average molecular weight is 241 g/mol. The van der Waals surface area contributed by atoms with Crippen LogP contribution in [0.25, 0.3) is 0 Å². The fraction of sp³-hybridized carbons (Fsp3) is 0.714. The van der Waals surface area contributed by atoms with Crippen molar-refractivity contribution in [1.82, 2.24) is 15.0 Å². The second-order valence-electron chi connectivity index (χ2n) is 2.91. The predicted octanol–water partition coefficient (Wildman–Crippen LogP) is 0.542. The van der Waals surface area contributed by atoms with Gasteiger partial charge in [-0.3, -0.25) is 0 Å². The molecule has 2 N–H and O–H groups in total. The summed E-state index contributed by atoms with van der Waals surface area (Å²) in [6.07, 6.45) is 2.91. The largest absolute Gasteiger partial charge is 0.379 e. The van der Waals surface area contributed by atoms with Crippen molar-refractivity contribution in [3.63, 3.8) is 0 Å². The minimum absolute atomic E-state index is 0.